The first-order chi connectivity index (χ1) is 24.9. The number of carbonyl (C=O) groups is 4. The Morgan fingerprint density at radius 2 is 1.23 bits per heavy atom. The van der Waals surface area contributed by atoms with E-state index < -0.39 is 23.6 Å². The van der Waals surface area contributed by atoms with Crippen molar-refractivity contribution in [3.63, 3.8) is 0 Å². The maximum Gasteiger partial charge on any atom is 0.276 e. The number of benzene rings is 2. The first-order valence-corrected chi connectivity index (χ1v) is 16.6. The zero-order valence-electron chi connectivity index (χ0n) is 29.2. The molecule has 0 saturated carbocycles. The fourth-order valence-corrected chi connectivity index (χ4v) is 6.12. The van der Waals surface area contributed by atoms with Crippen molar-refractivity contribution in [1.29, 1.82) is 0 Å². The molecule has 2 aromatic carbocycles. The van der Waals surface area contributed by atoms with Crippen molar-refractivity contribution in [2.45, 2.75) is 60.4 Å². The predicted octanol–water partition coefficient (Wildman–Crippen LogP) is 2.85. The second kappa shape index (κ2) is 14.3. The van der Waals surface area contributed by atoms with Gasteiger partial charge in [0.05, 0.1) is 33.5 Å². The second-order valence-electron chi connectivity index (χ2n) is 12.1. The van der Waals surface area contributed by atoms with Crippen LogP contribution in [-0.4, -0.2) is 62.3 Å². The maximum atomic E-state index is 13.5. The molecule has 6 aromatic rings. The number of amides is 4. The minimum atomic E-state index is -0.633. The highest BCUT2D eigenvalue weighted by Crippen LogP contribution is 2.27. The van der Waals surface area contributed by atoms with Gasteiger partial charge in [0.15, 0.2) is 0 Å². The third kappa shape index (κ3) is 6.76. The third-order valence-corrected chi connectivity index (χ3v) is 8.52. The fourth-order valence-electron chi connectivity index (χ4n) is 6.12. The van der Waals surface area contributed by atoms with Crippen molar-refractivity contribution in [3.05, 3.63) is 94.1 Å². The number of nitrogens with zero attached hydrogens (tertiary/aromatic N) is 8. The van der Waals surface area contributed by atoms with Crippen LogP contribution >= 0.6 is 0 Å². The highest BCUT2D eigenvalue weighted by Gasteiger charge is 2.22. The zero-order valence-corrected chi connectivity index (χ0v) is 29.2. The molecule has 0 aliphatic rings. The van der Waals surface area contributed by atoms with E-state index in [0.717, 1.165) is 0 Å². The monoisotopic (exact) mass is 705 g/mol. The van der Waals surface area contributed by atoms with Crippen LogP contribution in [0.15, 0.2) is 54.6 Å². The Bertz CT molecular complexity index is 2410. The number of fused-ring (bicyclic) bond motifs is 2. The SMILES string of the molecule is CCn1nc(C)cc1C(=O)Nc1nc2cc(C(N)=O)ccc2n1C/C=C/Cn1c(NC(=O)c2cc(C)nn2CC)nc2cc(C(N)=O)cc(CN)c21. The number of hydrogen-bond donors (Lipinski definition) is 5. The number of imidazole rings is 2. The van der Waals surface area contributed by atoms with E-state index in [1.165, 1.54) is 0 Å². The molecule has 52 heavy (non-hydrogen) atoms. The Kier molecular flexibility index (Phi) is 9.69. The number of aromatic nitrogens is 8. The summed E-state index contributed by atoms with van der Waals surface area (Å²) >= 11 is 0. The summed E-state index contributed by atoms with van der Waals surface area (Å²) in [5.74, 6) is -1.56. The summed E-state index contributed by atoms with van der Waals surface area (Å²) in [6.07, 6.45) is 3.73. The molecule has 0 unspecified atom stereocenters. The molecule has 4 heterocycles. The van der Waals surface area contributed by atoms with Gasteiger partial charge in [-0.1, -0.05) is 12.2 Å². The van der Waals surface area contributed by atoms with E-state index in [9.17, 15) is 19.2 Å². The molecule has 0 radical (unpaired) electrons. The number of rotatable bonds is 13. The number of anilines is 2. The summed E-state index contributed by atoms with van der Waals surface area (Å²) in [4.78, 5) is 60.2. The molecule has 268 valence electrons. The molecule has 17 heteroatoms. The largest absolute Gasteiger partial charge is 0.366 e. The molecule has 0 aliphatic heterocycles. The van der Waals surface area contributed by atoms with Crippen molar-refractivity contribution < 1.29 is 19.2 Å². The predicted molar refractivity (Wildman–Crippen MR) is 195 cm³/mol. The molecular formula is C35H39N13O4. The molecular weight excluding hydrogens is 666 g/mol. The average molecular weight is 706 g/mol. The van der Waals surface area contributed by atoms with Gasteiger partial charge in [0.25, 0.3) is 11.8 Å². The van der Waals surface area contributed by atoms with Crippen molar-refractivity contribution >= 4 is 57.6 Å². The topological polar surface area (TPSA) is 242 Å². The van der Waals surface area contributed by atoms with Crippen LogP contribution < -0.4 is 27.8 Å². The maximum absolute atomic E-state index is 13.5. The molecule has 0 atom stereocenters. The number of aryl methyl sites for hydroxylation is 4. The highest BCUT2D eigenvalue weighted by molar-refractivity contribution is 6.05. The zero-order chi connectivity index (χ0) is 37.3. The summed E-state index contributed by atoms with van der Waals surface area (Å²) in [7, 11) is 0. The van der Waals surface area contributed by atoms with Gasteiger partial charge in [0.2, 0.25) is 23.7 Å². The normalized spacial score (nSPS) is 11.6. The minimum absolute atomic E-state index is 0.0794. The van der Waals surface area contributed by atoms with Crippen molar-refractivity contribution in [1.82, 2.24) is 38.7 Å². The highest BCUT2D eigenvalue weighted by atomic mass is 16.2. The van der Waals surface area contributed by atoms with Gasteiger partial charge in [-0.3, -0.25) is 39.2 Å². The summed E-state index contributed by atoms with van der Waals surface area (Å²) in [6.45, 7) is 8.96. The van der Waals surface area contributed by atoms with E-state index in [1.54, 1.807) is 67.9 Å². The van der Waals surface area contributed by atoms with Crippen LogP contribution in [0, 0.1) is 13.8 Å². The number of nitrogens with one attached hydrogen (secondary N) is 2. The van der Waals surface area contributed by atoms with Gasteiger partial charge in [-0.2, -0.15) is 10.2 Å². The van der Waals surface area contributed by atoms with Crippen LogP contribution in [0.25, 0.3) is 22.1 Å². The van der Waals surface area contributed by atoms with Gasteiger partial charge in [-0.25, -0.2) is 9.97 Å². The standard InChI is InChI=1S/C35H39N13O4/c1-5-47-27(13-19(3)43-47)32(51)41-34-39-24-16-21(30(37)49)9-10-26(24)45(34)11-7-8-12-46-29-23(18-36)15-22(31(38)50)17-25(29)40-35(46)42-33(52)28-14-20(4)44-48(28)6-2/h7-10,13-17H,5-6,11-12,18,36H2,1-4H3,(H2,37,49)(H2,38,50)(H,39,41,51)(H,40,42,52)/b8-7+. The quantitative estimate of drug-likeness (QED) is 0.111. The lowest BCUT2D eigenvalue weighted by Gasteiger charge is -2.11. The molecule has 0 aliphatic carbocycles. The van der Waals surface area contributed by atoms with Crippen LogP contribution in [0.1, 0.15) is 72.5 Å². The van der Waals surface area contributed by atoms with Crippen molar-refractivity contribution in [2.75, 3.05) is 10.6 Å². The van der Waals surface area contributed by atoms with Gasteiger partial charge in [-0.05, 0) is 75.7 Å². The van der Waals surface area contributed by atoms with Crippen LogP contribution in [-0.2, 0) is 32.7 Å². The van der Waals surface area contributed by atoms with Crippen LogP contribution in [0.3, 0.4) is 0 Å². The van der Waals surface area contributed by atoms with Gasteiger partial charge >= 0.3 is 0 Å². The number of carbonyl (C=O) groups excluding carboxylic acids is 4. The van der Waals surface area contributed by atoms with E-state index in [0.29, 0.717) is 63.5 Å². The number of allylic oxidation sites excluding steroid dienone is 2. The summed E-state index contributed by atoms with van der Waals surface area (Å²) in [5, 5.41) is 14.6. The molecule has 6 rings (SSSR count). The number of hydrogen-bond acceptors (Lipinski definition) is 9. The lowest BCUT2D eigenvalue weighted by molar-refractivity contribution is 0.0992. The van der Waals surface area contributed by atoms with Crippen LogP contribution in [0.5, 0.6) is 0 Å². The first kappa shape index (κ1) is 35.2. The molecule has 0 spiro atoms. The minimum Gasteiger partial charge on any atom is -0.366 e. The van der Waals surface area contributed by atoms with Crippen LogP contribution in [0.2, 0.25) is 0 Å². The lowest BCUT2D eigenvalue weighted by atomic mass is 10.1. The molecule has 0 fully saturated rings. The molecule has 17 nitrogen and oxygen atoms in total. The second-order valence-corrected chi connectivity index (χ2v) is 12.1. The van der Waals surface area contributed by atoms with Crippen molar-refractivity contribution in [2.24, 2.45) is 17.2 Å². The Morgan fingerprint density at radius 1 is 0.712 bits per heavy atom. The van der Waals surface area contributed by atoms with Crippen LogP contribution in [0.4, 0.5) is 11.9 Å². The smallest absolute Gasteiger partial charge is 0.276 e. The molecule has 0 bridgehead atoms. The van der Waals surface area contributed by atoms with Gasteiger partial charge in [-0.15, -0.1) is 0 Å². The Labute approximate surface area is 297 Å². The Balaban J connectivity index is 1.36. The first-order valence-electron chi connectivity index (χ1n) is 16.6. The van der Waals surface area contributed by atoms with Gasteiger partial charge in [0.1, 0.15) is 11.4 Å². The van der Waals surface area contributed by atoms with E-state index in [2.05, 4.69) is 30.8 Å². The van der Waals surface area contributed by atoms with E-state index in [1.807, 2.05) is 32.9 Å². The Hall–Kier alpha value is -6.62. The molecule has 4 aromatic heterocycles. The Morgan fingerprint density at radius 3 is 1.77 bits per heavy atom. The third-order valence-electron chi connectivity index (χ3n) is 8.52. The summed E-state index contributed by atoms with van der Waals surface area (Å²) in [6, 6.07) is 11.5. The average Bonchev–Trinajstić information content (AvgIpc) is 3.88. The van der Waals surface area contributed by atoms with E-state index >= 15 is 0 Å². The van der Waals surface area contributed by atoms with Gasteiger partial charge < -0.3 is 26.3 Å². The fraction of sp³-hybridized carbons (Fsp3) is 0.257. The summed E-state index contributed by atoms with van der Waals surface area (Å²) in [5.41, 5.74) is 22.7. The van der Waals surface area contributed by atoms with Crippen molar-refractivity contribution in [3.8, 4) is 0 Å². The molecule has 0 saturated heterocycles. The number of nitrogens with two attached hydrogens (primary N) is 3. The lowest BCUT2D eigenvalue weighted by Crippen LogP contribution is -2.20. The number of primary amides is 2. The molecule has 4 amide bonds. The van der Waals surface area contributed by atoms with E-state index in [4.69, 9.17) is 17.2 Å². The van der Waals surface area contributed by atoms with E-state index in [-0.39, 0.29) is 42.7 Å². The molecule has 8 N–H and O–H groups in total. The summed E-state index contributed by atoms with van der Waals surface area (Å²) < 4.78 is 6.79. The van der Waals surface area contributed by atoms with Gasteiger partial charge in [0, 0.05) is 43.9 Å².